The molecule has 0 radical (unpaired) electrons. The molecule has 1 aromatic heterocycles. The predicted molar refractivity (Wildman–Crippen MR) is 33.5 cm³/mol. The standard InChI is InChI=1S/C6H5NO3/c7-6(9)5-3-4(8)1-2-10-5/h1-3H,(H2,7,9). The molecule has 0 aliphatic heterocycles. The van der Waals surface area contributed by atoms with Gasteiger partial charge in [-0.15, -0.1) is 0 Å². The lowest BCUT2D eigenvalue weighted by atomic mass is 10.4. The molecular formula is C6H5NO3. The number of hydrogen-bond donors (Lipinski definition) is 1. The first-order valence-electron chi connectivity index (χ1n) is 2.59. The van der Waals surface area contributed by atoms with Gasteiger partial charge in [-0.05, 0) is 0 Å². The van der Waals surface area contributed by atoms with Gasteiger partial charge in [-0.1, -0.05) is 0 Å². The van der Waals surface area contributed by atoms with E-state index in [0.29, 0.717) is 0 Å². The largest absolute Gasteiger partial charge is 0.459 e. The Labute approximate surface area is 56.3 Å². The van der Waals surface area contributed by atoms with Crippen molar-refractivity contribution in [1.82, 2.24) is 0 Å². The monoisotopic (exact) mass is 139 g/mol. The number of rotatable bonds is 1. The zero-order valence-corrected chi connectivity index (χ0v) is 5.03. The van der Waals surface area contributed by atoms with Crippen LogP contribution < -0.4 is 11.2 Å². The van der Waals surface area contributed by atoms with Crippen LogP contribution in [0.4, 0.5) is 0 Å². The summed E-state index contributed by atoms with van der Waals surface area (Å²) < 4.78 is 4.59. The number of hydrogen-bond acceptors (Lipinski definition) is 3. The Hall–Kier alpha value is -1.58. The Balaban J connectivity index is 3.20. The fourth-order valence-electron chi connectivity index (χ4n) is 0.515. The topological polar surface area (TPSA) is 73.3 Å². The molecule has 2 N–H and O–H groups in total. The van der Waals surface area contributed by atoms with E-state index in [-0.39, 0.29) is 11.2 Å². The first-order valence-corrected chi connectivity index (χ1v) is 2.59. The second-order valence-electron chi connectivity index (χ2n) is 1.70. The van der Waals surface area contributed by atoms with Gasteiger partial charge < -0.3 is 10.2 Å². The van der Waals surface area contributed by atoms with Gasteiger partial charge >= 0.3 is 0 Å². The van der Waals surface area contributed by atoms with Gasteiger partial charge in [-0.2, -0.15) is 0 Å². The summed E-state index contributed by atoms with van der Waals surface area (Å²) in [5, 5.41) is 0. The molecule has 1 aromatic rings. The average molecular weight is 139 g/mol. The quantitative estimate of drug-likeness (QED) is 0.582. The summed E-state index contributed by atoms with van der Waals surface area (Å²) in [5.74, 6) is -0.856. The third kappa shape index (κ3) is 1.22. The van der Waals surface area contributed by atoms with Crippen molar-refractivity contribution in [2.24, 2.45) is 5.73 Å². The lowest BCUT2D eigenvalue weighted by Gasteiger charge is -1.88. The first kappa shape index (κ1) is 6.54. The van der Waals surface area contributed by atoms with Crippen LogP contribution in [0.3, 0.4) is 0 Å². The molecule has 0 fully saturated rings. The normalized spacial score (nSPS) is 9.20. The van der Waals surface area contributed by atoms with E-state index >= 15 is 0 Å². The van der Waals surface area contributed by atoms with Crippen molar-refractivity contribution < 1.29 is 9.21 Å². The van der Waals surface area contributed by atoms with Crippen molar-refractivity contribution in [2.45, 2.75) is 0 Å². The number of carbonyl (C=O) groups excluding carboxylic acids is 1. The summed E-state index contributed by atoms with van der Waals surface area (Å²) >= 11 is 0. The van der Waals surface area contributed by atoms with Crippen LogP contribution in [0.15, 0.2) is 27.6 Å². The van der Waals surface area contributed by atoms with Crippen molar-refractivity contribution in [3.05, 3.63) is 34.4 Å². The lowest BCUT2D eigenvalue weighted by Crippen LogP contribution is -2.13. The molecule has 1 amide bonds. The molecule has 0 unspecified atom stereocenters. The minimum Gasteiger partial charge on any atom is -0.459 e. The summed E-state index contributed by atoms with van der Waals surface area (Å²) in [6, 6.07) is 2.24. The molecule has 0 aromatic carbocycles. The molecule has 52 valence electrons. The predicted octanol–water partition coefficient (Wildman–Crippen LogP) is -0.261. The Morgan fingerprint density at radius 1 is 1.60 bits per heavy atom. The van der Waals surface area contributed by atoms with E-state index in [1.54, 1.807) is 0 Å². The molecular weight excluding hydrogens is 134 g/mol. The van der Waals surface area contributed by atoms with Gasteiger partial charge in [0, 0.05) is 12.1 Å². The van der Waals surface area contributed by atoms with E-state index in [0.717, 1.165) is 12.3 Å². The van der Waals surface area contributed by atoms with Crippen molar-refractivity contribution in [3.8, 4) is 0 Å². The average Bonchev–Trinajstić information content (AvgIpc) is 1.88. The van der Waals surface area contributed by atoms with Gasteiger partial charge in [0.2, 0.25) is 0 Å². The highest BCUT2D eigenvalue weighted by Gasteiger charge is 2.00. The van der Waals surface area contributed by atoms with Gasteiger partial charge in [0.25, 0.3) is 5.91 Å². The van der Waals surface area contributed by atoms with Crippen molar-refractivity contribution >= 4 is 5.91 Å². The second kappa shape index (κ2) is 2.34. The van der Waals surface area contributed by atoms with Gasteiger partial charge in [-0.3, -0.25) is 9.59 Å². The number of primary amides is 1. The third-order valence-corrected chi connectivity index (χ3v) is 0.944. The van der Waals surface area contributed by atoms with Gasteiger partial charge in [0.15, 0.2) is 11.2 Å². The van der Waals surface area contributed by atoms with Gasteiger partial charge in [-0.25, -0.2) is 0 Å². The van der Waals surface area contributed by atoms with Crippen LogP contribution in [0.25, 0.3) is 0 Å². The Bertz CT molecular complexity index is 302. The summed E-state index contributed by atoms with van der Waals surface area (Å²) in [7, 11) is 0. The zero-order chi connectivity index (χ0) is 7.56. The number of carbonyl (C=O) groups is 1. The van der Waals surface area contributed by atoms with Crippen LogP contribution in [0, 0.1) is 0 Å². The fraction of sp³-hybridized carbons (Fsp3) is 0. The van der Waals surface area contributed by atoms with Crippen molar-refractivity contribution in [2.75, 3.05) is 0 Å². The highest BCUT2D eigenvalue weighted by molar-refractivity contribution is 5.89. The summed E-state index contributed by atoms with van der Waals surface area (Å²) in [4.78, 5) is 20.9. The number of nitrogens with two attached hydrogens (primary N) is 1. The molecule has 0 saturated carbocycles. The second-order valence-corrected chi connectivity index (χ2v) is 1.70. The molecule has 4 nitrogen and oxygen atoms in total. The fourth-order valence-corrected chi connectivity index (χ4v) is 0.515. The zero-order valence-electron chi connectivity index (χ0n) is 5.03. The van der Waals surface area contributed by atoms with Crippen molar-refractivity contribution in [3.63, 3.8) is 0 Å². The highest BCUT2D eigenvalue weighted by Crippen LogP contribution is 1.90. The SMILES string of the molecule is NC(=O)c1cc(=O)cco1. The molecule has 10 heavy (non-hydrogen) atoms. The van der Waals surface area contributed by atoms with E-state index in [1.807, 2.05) is 0 Å². The maximum Gasteiger partial charge on any atom is 0.284 e. The Morgan fingerprint density at radius 2 is 2.30 bits per heavy atom. The summed E-state index contributed by atoms with van der Waals surface area (Å²) in [5.41, 5.74) is 4.52. The first-order chi connectivity index (χ1) is 4.70. The van der Waals surface area contributed by atoms with Crippen LogP contribution in [0.2, 0.25) is 0 Å². The summed E-state index contributed by atoms with van der Waals surface area (Å²) in [6.45, 7) is 0. The van der Waals surface area contributed by atoms with Crippen LogP contribution in [-0.2, 0) is 0 Å². The van der Waals surface area contributed by atoms with E-state index < -0.39 is 5.91 Å². The molecule has 0 aliphatic rings. The minimum atomic E-state index is -0.738. The van der Waals surface area contributed by atoms with Crippen LogP contribution in [-0.4, -0.2) is 5.91 Å². The van der Waals surface area contributed by atoms with Gasteiger partial charge in [0.1, 0.15) is 0 Å². The van der Waals surface area contributed by atoms with Crippen LogP contribution in [0.5, 0.6) is 0 Å². The lowest BCUT2D eigenvalue weighted by molar-refractivity contribution is 0.0971. The molecule has 4 heteroatoms. The maximum absolute atomic E-state index is 10.5. The van der Waals surface area contributed by atoms with Gasteiger partial charge in [0.05, 0.1) is 6.26 Å². The van der Waals surface area contributed by atoms with E-state index in [2.05, 4.69) is 4.42 Å². The summed E-state index contributed by atoms with van der Waals surface area (Å²) in [6.07, 6.45) is 1.13. The maximum atomic E-state index is 10.5. The van der Waals surface area contributed by atoms with E-state index in [9.17, 15) is 9.59 Å². The smallest absolute Gasteiger partial charge is 0.284 e. The molecule has 0 bridgehead atoms. The molecule has 0 saturated heterocycles. The van der Waals surface area contributed by atoms with E-state index in [4.69, 9.17) is 5.73 Å². The minimum absolute atomic E-state index is 0.118. The Morgan fingerprint density at radius 3 is 2.70 bits per heavy atom. The van der Waals surface area contributed by atoms with E-state index in [1.165, 1.54) is 6.07 Å². The molecule has 0 spiro atoms. The molecule has 1 heterocycles. The highest BCUT2D eigenvalue weighted by atomic mass is 16.3. The Kier molecular flexibility index (Phi) is 1.53. The molecule has 1 rings (SSSR count). The molecule has 0 aliphatic carbocycles. The van der Waals surface area contributed by atoms with Crippen LogP contribution >= 0.6 is 0 Å². The number of amides is 1. The third-order valence-electron chi connectivity index (χ3n) is 0.944. The van der Waals surface area contributed by atoms with Crippen molar-refractivity contribution in [1.29, 1.82) is 0 Å². The van der Waals surface area contributed by atoms with Crippen LogP contribution in [0.1, 0.15) is 10.6 Å². The molecule has 0 atom stereocenters.